The van der Waals surface area contributed by atoms with Crippen molar-refractivity contribution in [2.24, 2.45) is 0 Å². The predicted molar refractivity (Wildman–Crippen MR) is 277 cm³/mol. The number of hydrogen-bond acceptors (Lipinski definition) is 7. The maximum atomic E-state index is 14.1. The molecule has 0 bridgehead atoms. The van der Waals surface area contributed by atoms with Gasteiger partial charge < -0.3 is 39.9 Å². The van der Waals surface area contributed by atoms with Gasteiger partial charge in [-0.25, -0.2) is 4.98 Å². The number of likely N-dealkylation sites (N-methyl/N-ethyl adjacent to an activating group) is 2. The normalized spacial score (nSPS) is 13.4. The van der Waals surface area contributed by atoms with E-state index in [0.717, 1.165) is 62.6 Å². The number of carbonyl (C=O) groups is 4. The summed E-state index contributed by atoms with van der Waals surface area (Å²) in [4.78, 5) is 66.3. The number of aromatic amines is 2. The van der Waals surface area contributed by atoms with Gasteiger partial charge in [-0.2, -0.15) is 0 Å². The number of hydrogen-bond donors (Lipinski definition) is 4. The van der Waals surface area contributed by atoms with Crippen LogP contribution in [0, 0.1) is 0 Å². The van der Waals surface area contributed by atoms with Crippen LogP contribution in [-0.4, -0.2) is 113 Å². The molecule has 0 aliphatic heterocycles. The molecule has 0 fully saturated rings. The summed E-state index contributed by atoms with van der Waals surface area (Å²) >= 11 is 0. The zero-order chi connectivity index (χ0) is 49.5. The first-order valence-corrected chi connectivity index (χ1v) is 26.7. The number of nitrogens with zero attached hydrogens (tertiary/aromatic N) is 3. The Labute approximate surface area is 412 Å². The number of imidazole rings is 1. The minimum absolute atomic E-state index is 0.183. The third-order valence-corrected chi connectivity index (χ3v) is 12.5. The molecular weight excluding hydrogens is 855 g/mol. The number of H-pyrrole nitrogens is 2. The van der Waals surface area contributed by atoms with E-state index < -0.39 is 24.3 Å². The van der Waals surface area contributed by atoms with Gasteiger partial charge in [0.15, 0.2) is 0 Å². The van der Waals surface area contributed by atoms with Crippen LogP contribution in [0.15, 0.2) is 55.3 Å². The van der Waals surface area contributed by atoms with Crippen LogP contribution >= 0.6 is 0 Å². The van der Waals surface area contributed by atoms with Crippen molar-refractivity contribution in [1.82, 2.24) is 35.4 Å². The zero-order valence-electron chi connectivity index (χ0n) is 43.5. The molecule has 68 heavy (non-hydrogen) atoms. The number of allylic oxidation sites excluding steroid dienone is 4. The average Bonchev–Trinajstić information content (AvgIpc) is 4.04. The van der Waals surface area contributed by atoms with E-state index in [0.29, 0.717) is 19.6 Å². The summed E-state index contributed by atoms with van der Waals surface area (Å²) in [6.07, 6.45) is 43.9. The van der Waals surface area contributed by atoms with Gasteiger partial charge in [-0.15, -0.1) is 0 Å². The molecule has 2 rings (SSSR count). The van der Waals surface area contributed by atoms with Crippen LogP contribution in [-0.2, 0) is 41.5 Å². The number of nitrogens with one attached hydrogen (secondary N) is 4. The minimum atomic E-state index is -0.818. The smallest absolute Gasteiger partial charge is 0.245 e. The van der Waals surface area contributed by atoms with Crippen LogP contribution in [0.1, 0.15) is 193 Å². The lowest BCUT2D eigenvalue weighted by molar-refractivity contribution is -0.144. The summed E-state index contributed by atoms with van der Waals surface area (Å²) in [5, 5.41) is 5.69. The molecule has 0 aliphatic rings. The van der Waals surface area contributed by atoms with Crippen molar-refractivity contribution in [3.05, 3.63) is 66.5 Å². The van der Waals surface area contributed by atoms with Crippen molar-refractivity contribution in [3.8, 4) is 0 Å². The summed E-state index contributed by atoms with van der Waals surface area (Å²) in [6.45, 7) is 8.65. The summed E-state index contributed by atoms with van der Waals surface area (Å²) in [7, 11) is 3.46. The molecule has 386 valence electrons. The van der Waals surface area contributed by atoms with Gasteiger partial charge in [0.2, 0.25) is 23.6 Å². The number of carbonyl (C=O) groups excluding carboxylic acids is 4. The molecule has 4 unspecified atom stereocenters. The highest BCUT2D eigenvalue weighted by Gasteiger charge is 2.33. The van der Waals surface area contributed by atoms with Crippen LogP contribution in [0.2, 0.25) is 0 Å². The van der Waals surface area contributed by atoms with Gasteiger partial charge in [0.05, 0.1) is 6.33 Å². The standard InChI is InChI=1S/C55H95N7O6/c1-7-9-11-13-15-17-19-21-23-25-27-29-31-33-37-67-52(43-61(5)54(65)50(59-46(3)63)39-48-35-36-56-41-48)53(44-62(6)55(66)51(60-47(4)64)40-49-42-57-45-58-49)68-38-34-32-30-28-26-24-22-20-18-16-14-12-10-8-2/h17-20,35-36,41-42,45,50-53,56H,7-16,21-34,37-40,43-44H2,1-6H3,(H,57,58)(H,59,63)(H,60,64)/b19-17-,20-18-. The Kier molecular flexibility index (Phi) is 34.9. The molecule has 13 heteroatoms. The van der Waals surface area contributed by atoms with Crippen molar-refractivity contribution in [2.75, 3.05) is 40.4 Å². The second-order valence-electron chi connectivity index (χ2n) is 18.9. The average molecular weight is 950 g/mol. The molecule has 0 aromatic carbocycles. The zero-order valence-corrected chi connectivity index (χ0v) is 43.5. The van der Waals surface area contributed by atoms with Gasteiger partial charge >= 0.3 is 0 Å². The minimum Gasteiger partial charge on any atom is -0.374 e. The van der Waals surface area contributed by atoms with Crippen LogP contribution in [0.25, 0.3) is 0 Å². The van der Waals surface area contributed by atoms with E-state index in [-0.39, 0.29) is 43.1 Å². The lowest BCUT2D eigenvalue weighted by atomic mass is 10.1. The van der Waals surface area contributed by atoms with Gasteiger partial charge in [0.25, 0.3) is 0 Å². The Morgan fingerprint density at radius 3 is 1.40 bits per heavy atom. The number of rotatable bonds is 43. The number of amides is 4. The summed E-state index contributed by atoms with van der Waals surface area (Å²) in [5.74, 6) is -1.10. The van der Waals surface area contributed by atoms with Gasteiger partial charge in [-0.05, 0) is 75.8 Å². The molecule has 13 nitrogen and oxygen atoms in total. The second-order valence-corrected chi connectivity index (χ2v) is 18.9. The van der Waals surface area contributed by atoms with Gasteiger partial charge in [-0.1, -0.05) is 128 Å². The van der Waals surface area contributed by atoms with Crippen molar-refractivity contribution < 1.29 is 28.7 Å². The Morgan fingerprint density at radius 1 is 0.603 bits per heavy atom. The fraction of sp³-hybridized carbons (Fsp3) is 0.727. The van der Waals surface area contributed by atoms with E-state index in [2.05, 4.69) is 63.7 Å². The van der Waals surface area contributed by atoms with E-state index in [1.54, 1.807) is 42.6 Å². The molecule has 2 aromatic rings. The van der Waals surface area contributed by atoms with Crippen LogP contribution < -0.4 is 10.6 Å². The highest BCUT2D eigenvalue weighted by molar-refractivity contribution is 5.87. The molecule has 2 aromatic heterocycles. The second kappa shape index (κ2) is 39.6. The Morgan fingerprint density at radius 2 is 1.01 bits per heavy atom. The molecule has 0 aliphatic carbocycles. The molecule has 4 amide bonds. The fourth-order valence-electron chi connectivity index (χ4n) is 8.50. The third kappa shape index (κ3) is 29.6. The molecule has 4 N–H and O–H groups in total. The van der Waals surface area contributed by atoms with Crippen LogP contribution in [0.4, 0.5) is 0 Å². The van der Waals surface area contributed by atoms with E-state index in [1.165, 1.54) is 117 Å². The Balaban J connectivity index is 2.16. The van der Waals surface area contributed by atoms with Crippen LogP contribution in [0.5, 0.6) is 0 Å². The number of aromatic nitrogens is 3. The van der Waals surface area contributed by atoms with Crippen molar-refractivity contribution in [3.63, 3.8) is 0 Å². The SMILES string of the molecule is CCCCCC/C=C\CCCCCCCCOC(CN(C)C(=O)C(Cc1cc[nH]c1)NC(C)=O)C(CN(C)C(=O)C(Cc1cnc[nH]1)NC(C)=O)OCCCCCCCC/C=C\CCCCCC. The van der Waals surface area contributed by atoms with Gasteiger partial charge in [0, 0.05) is 91.4 Å². The van der Waals surface area contributed by atoms with E-state index in [1.807, 2.05) is 12.3 Å². The maximum absolute atomic E-state index is 14.1. The van der Waals surface area contributed by atoms with E-state index in [4.69, 9.17) is 9.47 Å². The number of unbranched alkanes of at least 4 members (excludes halogenated alkanes) is 20. The summed E-state index contributed by atoms with van der Waals surface area (Å²) < 4.78 is 13.4. The predicted octanol–water partition coefficient (Wildman–Crippen LogP) is 10.7. The van der Waals surface area contributed by atoms with Crippen molar-refractivity contribution in [2.45, 2.75) is 219 Å². The molecule has 0 saturated heterocycles. The number of ether oxygens (including phenoxy) is 2. The first kappa shape index (κ1) is 59.9. The third-order valence-electron chi connectivity index (χ3n) is 12.5. The molecule has 4 atom stereocenters. The molecule has 0 spiro atoms. The quantitative estimate of drug-likeness (QED) is 0.0380. The molecule has 0 saturated carbocycles. The van der Waals surface area contributed by atoms with Gasteiger partial charge in [0.1, 0.15) is 24.3 Å². The highest BCUT2D eigenvalue weighted by Crippen LogP contribution is 2.17. The van der Waals surface area contributed by atoms with E-state index >= 15 is 0 Å². The molecular formula is C55H95N7O6. The highest BCUT2D eigenvalue weighted by atomic mass is 16.5. The largest absolute Gasteiger partial charge is 0.374 e. The van der Waals surface area contributed by atoms with Crippen molar-refractivity contribution in [1.29, 1.82) is 0 Å². The fourth-order valence-corrected chi connectivity index (χ4v) is 8.50. The Bertz CT molecular complexity index is 1500. The van der Waals surface area contributed by atoms with Crippen LogP contribution in [0.3, 0.4) is 0 Å². The monoisotopic (exact) mass is 950 g/mol. The lowest BCUT2D eigenvalue weighted by Gasteiger charge is -2.35. The molecule has 2 heterocycles. The first-order chi connectivity index (χ1) is 33.0. The maximum Gasteiger partial charge on any atom is 0.245 e. The topological polar surface area (TPSA) is 162 Å². The molecule has 0 radical (unpaired) electrons. The lowest BCUT2D eigenvalue weighted by Crippen LogP contribution is -2.54. The van der Waals surface area contributed by atoms with Gasteiger partial charge in [-0.3, -0.25) is 19.2 Å². The summed E-state index contributed by atoms with van der Waals surface area (Å²) in [5.41, 5.74) is 1.63. The summed E-state index contributed by atoms with van der Waals surface area (Å²) in [6, 6.07) is 0.307. The Hall–Kier alpha value is -4.23. The van der Waals surface area contributed by atoms with E-state index in [9.17, 15) is 19.2 Å². The first-order valence-electron chi connectivity index (χ1n) is 26.7. The van der Waals surface area contributed by atoms with Crippen molar-refractivity contribution >= 4 is 23.6 Å².